The van der Waals surface area contributed by atoms with Crippen LogP contribution in [0.4, 0.5) is 5.69 Å². The molecule has 0 saturated heterocycles. The molecule has 238 valence electrons. The van der Waals surface area contributed by atoms with Gasteiger partial charge in [-0.2, -0.15) is 0 Å². The molecule has 2 amide bonds. The summed E-state index contributed by atoms with van der Waals surface area (Å²) in [6.07, 6.45) is 2.89. The summed E-state index contributed by atoms with van der Waals surface area (Å²) in [4.78, 5) is 30.1. The van der Waals surface area contributed by atoms with Gasteiger partial charge in [0.25, 0.3) is 10.0 Å². The van der Waals surface area contributed by atoms with Crippen LogP contribution in [0.2, 0.25) is 10.0 Å². The quantitative estimate of drug-likeness (QED) is 0.173. The van der Waals surface area contributed by atoms with Crippen LogP contribution in [0.25, 0.3) is 0 Å². The number of rotatable bonds is 15. The van der Waals surface area contributed by atoms with Gasteiger partial charge in [0.1, 0.15) is 18.3 Å². The normalized spacial score (nSPS) is 12.7. The summed E-state index contributed by atoms with van der Waals surface area (Å²) in [6.45, 7) is 7.09. The molecule has 1 N–H and O–H groups in total. The Labute approximate surface area is 275 Å². The van der Waals surface area contributed by atoms with Gasteiger partial charge in [-0.1, -0.05) is 55.2 Å². The van der Waals surface area contributed by atoms with Crippen molar-refractivity contribution in [2.45, 2.75) is 69.0 Å². The molecule has 8 nitrogen and oxygen atoms in total. The highest BCUT2D eigenvalue weighted by atomic mass is 35.5. The minimum absolute atomic E-state index is 0.0169. The third kappa shape index (κ3) is 8.84. The first-order valence-corrected chi connectivity index (χ1v) is 17.8. The number of ether oxygens (including phenoxy) is 1. The number of amides is 2. The van der Waals surface area contributed by atoms with Crippen molar-refractivity contribution in [2.24, 2.45) is 0 Å². The lowest BCUT2D eigenvalue weighted by Gasteiger charge is -2.34. The maximum absolute atomic E-state index is 14.3. The summed E-state index contributed by atoms with van der Waals surface area (Å²) in [7, 11) is -4.26. The monoisotopic (exact) mass is 679 g/mol. The number of thioether (sulfide) groups is 1. The number of hydrogen-bond donors (Lipinski definition) is 1. The Balaban J connectivity index is 2.14. The standard InChI is InChI=1S/C32H39Cl2N3O5S2/c1-6-22(4)35-32(39)28(7-2)36(20-23-13-14-24(33)19-27(23)34)31(38)21-37(29-11-9-10-12-30(29)42-8-3)44(40,41)26-17-15-25(43-5)16-18-26/h9-19,22,28H,6-8,20-21H2,1-5H3,(H,35,39)/t22-,28-/m0/s1. The number of nitrogens with one attached hydrogen (secondary N) is 1. The van der Waals surface area contributed by atoms with Crippen LogP contribution in [0.15, 0.2) is 76.5 Å². The number of anilines is 1. The first kappa shape index (κ1) is 35.6. The van der Waals surface area contributed by atoms with Crippen molar-refractivity contribution < 1.29 is 22.7 Å². The molecule has 0 saturated carbocycles. The number of benzene rings is 3. The van der Waals surface area contributed by atoms with E-state index >= 15 is 0 Å². The zero-order chi connectivity index (χ0) is 32.4. The number of sulfonamides is 1. The van der Waals surface area contributed by atoms with Crippen LogP contribution in [0, 0.1) is 0 Å². The second-order valence-electron chi connectivity index (χ2n) is 10.1. The number of hydrogen-bond acceptors (Lipinski definition) is 6. The lowest BCUT2D eigenvalue weighted by molar-refractivity contribution is -0.140. The molecule has 0 aromatic heterocycles. The summed E-state index contributed by atoms with van der Waals surface area (Å²) >= 11 is 14.1. The van der Waals surface area contributed by atoms with E-state index in [4.69, 9.17) is 27.9 Å². The lowest BCUT2D eigenvalue weighted by Crippen LogP contribution is -2.53. The van der Waals surface area contributed by atoms with Gasteiger partial charge in [0.05, 0.1) is 17.2 Å². The maximum Gasteiger partial charge on any atom is 0.264 e. The van der Waals surface area contributed by atoms with Crippen LogP contribution >= 0.6 is 35.0 Å². The van der Waals surface area contributed by atoms with E-state index in [0.29, 0.717) is 27.8 Å². The van der Waals surface area contributed by atoms with E-state index in [2.05, 4.69) is 5.32 Å². The molecule has 44 heavy (non-hydrogen) atoms. The molecule has 3 aromatic carbocycles. The SMILES string of the molecule is CCOc1ccccc1N(CC(=O)N(Cc1ccc(Cl)cc1Cl)[C@@H](CC)C(=O)N[C@@H](C)CC)S(=O)(=O)c1ccc(SC)cc1. The molecule has 0 fully saturated rings. The molecular formula is C32H39Cl2N3O5S2. The fourth-order valence-corrected chi connectivity index (χ4v) is 6.82. The second kappa shape index (κ2) is 16.4. The van der Waals surface area contributed by atoms with E-state index < -0.39 is 28.5 Å². The lowest BCUT2D eigenvalue weighted by atomic mass is 10.1. The zero-order valence-electron chi connectivity index (χ0n) is 25.5. The third-order valence-corrected chi connectivity index (χ3v) is 10.2. The molecule has 12 heteroatoms. The smallest absolute Gasteiger partial charge is 0.264 e. The highest BCUT2D eigenvalue weighted by Gasteiger charge is 2.35. The molecule has 0 unspecified atom stereocenters. The average Bonchev–Trinajstić information content (AvgIpc) is 3.01. The minimum atomic E-state index is -4.26. The van der Waals surface area contributed by atoms with Gasteiger partial charge in [0.2, 0.25) is 11.8 Å². The van der Waals surface area contributed by atoms with E-state index in [0.717, 1.165) is 9.20 Å². The van der Waals surface area contributed by atoms with Crippen molar-refractivity contribution >= 4 is 62.5 Å². The summed E-state index contributed by atoms with van der Waals surface area (Å²) in [5.74, 6) is -0.615. The molecule has 0 bridgehead atoms. The Morgan fingerprint density at radius 2 is 1.66 bits per heavy atom. The van der Waals surface area contributed by atoms with Crippen molar-refractivity contribution in [1.82, 2.24) is 10.2 Å². The van der Waals surface area contributed by atoms with Gasteiger partial charge in [0.15, 0.2) is 0 Å². The van der Waals surface area contributed by atoms with Gasteiger partial charge in [-0.05, 0) is 87.0 Å². The molecule has 0 aliphatic carbocycles. The predicted molar refractivity (Wildman–Crippen MR) is 179 cm³/mol. The number of carbonyl (C=O) groups excluding carboxylic acids is 2. The van der Waals surface area contributed by atoms with Crippen LogP contribution in [0.1, 0.15) is 46.1 Å². The molecule has 0 spiro atoms. The molecule has 3 rings (SSSR count). The van der Waals surface area contributed by atoms with E-state index in [-0.39, 0.29) is 42.1 Å². The Bertz CT molecular complexity index is 1540. The predicted octanol–water partition coefficient (Wildman–Crippen LogP) is 7.03. The van der Waals surface area contributed by atoms with Crippen molar-refractivity contribution in [1.29, 1.82) is 0 Å². The summed E-state index contributed by atoms with van der Waals surface area (Å²) < 4.78 is 35.3. The number of para-hydroxylation sites is 2. The Morgan fingerprint density at radius 3 is 2.25 bits per heavy atom. The van der Waals surface area contributed by atoms with Crippen LogP contribution in [0.3, 0.4) is 0 Å². The van der Waals surface area contributed by atoms with E-state index in [9.17, 15) is 18.0 Å². The number of carbonyl (C=O) groups is 2. The van der Waals surface area contributed by atoms with Gasteiger partial charge in [-0.3, -0.25) is 13.9 Å². The van der Waals surface area contributed by atoms with Gasteiger partial charge in [0, 0.05) is 27.5 Å². The third-order valence-electron chi connectivity index (χ3n) is 7.10. The second-order valence-corrected chi connectivity index (χ2v) is 13.7. The van der Waals surface area contributed by atoms with Crippen LogP contribution in [-0.4, -0.2) is 56.6 Å². The zero-order valence-corrected chi connectivity index (χ0v) is 28.7. The first-order valence-electron chi connectivity index (χ1n) is 14.4. The van der Waals surface area contributed by atoms with E-state index in [1.807, 2.05) is 20.1 Å². The van der Waals surface area contributed by atoms with Gasteiger partial charge < -0.3 is 15.0 Å². The van der Waals surface area contributed by atoms with Crippen molar-refractivity contribution in [2.75, 3.05) is 23.7 Å². The molecule has 3 aromatic rings. The van der Waals surface area contributed by atoms with Crippen LogP contribution in [0.5, 0.6) is 5.75 Å². The summed E-state index contributed by atoms with van der Waals surface area (Å²) in [5.41, 5.74) is 0.772. The van der Waals surface area contributed by atoms with Crippen molar-refractivity contribution in [3.63, 3.8) is 0 Å². The van der Waals surface area contributed by atoms with Crippen LogP contribution in [-0.2, 0) is 26.2 Å². The van der Waals surface area contributed by atoms with Crippen molar-refractivity contribution in [3.8, 4) is 5.75 Å². The topological polar surface area (TPSA) is 96.0 Å². The molecule has 0 aliphatic rings. The molecule has 0 radical (unpaired) electrons. The molecule has 0 heterocycles. The minimum Gasteiger partial charge on any atom is -0.492 e. The largest absolute Gasteiger partial charge is 0.492 e. The average molecular weight is 681 g/mol. The number of nitrogens with zero attached hydrogens (tertiary/aromatic N) is 2. The summed E-state index contributed by atoms with van der Waals surface area (Å²) in [6, 6.07) is 17.0. The maximum atomic E-state index is 14.3. The summed E-state index contributed by atoms with van der Waals surface area (Å²) in [5, 5.41) is 3.72. The highest BCUT2D eigenvalue weighted by Crippen LogP contribution is 2.33. The van der Waals surface area contributed by atoms with Crippen molar-refractivity contribution in [3.05, 3.63) is 82.3 Å². The Morgan fingerprint density at radius 1 is 0.977 bits per heavy atom. The first-order chi connectivity index (χ1) is 21.0. The molecular weight excluding hydrogens is 641 g/mol. The highest BCUT2D eigenvalue weighted by molar-refractivity contribution is 7.98. The fourth-order valence-electron chi connectivity index (χ4n) is 4.52. The van der Waals surface area contributed by atoms with Crippen LogP contribution < -0.4 is 14.4 Å². The Hall–Kier alpha value is -2.92. The molecule has 0 aliphatic heterocycles. The Kier molecular flexibility index (Phi) is 13.3. The van der Waals surface area contributed by atoms with E-state index in [1.165, 1.54) is 28.8 Å². The van der Waals surface area contributed by atoms with E-state index in [1.54, 1.807) is 68.4 Å². The fraction of sp³-hybridized carbons (Fsp3) is 0.375. The van der Waals surface area contributed by atoms with Gasteiger partial charge in [-0.25, -0.2) is 8.42 Å². The van der Waals surface area contributed by atoms with Gasteiger partial charge in [-0.15, -0.1) is 11.8 Å². The number of halogens is 2. The molecule has 2 atom stereocenters. The van der Waals surface area contributed by atoms with Gasteiger partial charge >= 0.3 is 0 Å².